The van der Waals surface area contributed by atoms with Crippen LogP contribution in [0, 0.1) is 5.92 Å². The van der Waals surface area contributed by atoms with Crippen molar-refractivity contribution in [1.82, 2.24) is 9.80 Å². The highest BCUT2D eigenvalue weighted by atomic mass is 79.9. The van der Waals surface area contributed by atoms with Gasteiger partial charge in [-0.05, 0) is 62.9 Å². The molecular weight excluding hydrogens is 366 g/mol. The standard InChI is InChI=1S/C19H28BrN3O/c1-19(21,16-5-7-17(20)8-6-16)18(24)23-12-9-15(14-23)13-22-10-3-2-4-11-22/h5-8,15H,2-4,9-14,21H2,1H3. The van der Waals surface area contributed by atoms with E-state index in [2.05, 4.69) is 20.8 Å². The molecule has 2 aliphatic rings. The summed E-state index contributed by atoms with van der Waals surface area (Å²) in [6.45, 7) is 7.08. The molecule has 2 aliphatic heterocycles. The molecule has 5 heteroatoms. The van der Waals surface area contributed by atoms with Crippen LogP contribution in [0.5, 0.6) is 0 Å². The van der Waals surface area contributed by atoms with Gasteiger partial charge < -0.3 is 15.5 Å². The minimum atomic E-state index is -0.958. The maximum absolute atomic E-state index is 13.0. The summed E-state index contributed by atoms with van der Waals surface area (Å²) in [6, 6.07) is 7.75. The van der Waals surface area contributed by atoms with E-state index in [0.717, 1.165) is 36.1 Å². The minimum absolute atomic E-state index is 0.0472. The first kappa shape index (κ1) is 17.9. The van der Waals surface area contributed by atoms with Gasteiger partial charge in [0.15, 0.2) is 0 Å². The van der Waals surface area contributed by atoms with Crippen molar-refractivity contribution < 1.29 is 4.79 Å². The van der Waals surface area contributed by atoms with Crippen LogP contribution in [-0.2, 0) is 10.3 Å². The van der Waals surface area contributed by atoms with Crippen molar-refractivity contribution in [1.29, 1.82) is 0 Å². The third kappa shape index (κ3) is 4.01. The zero-order valence-corrected chi connectivity index (χ0v) is 16.1. The Labute approximate surface area is 153 Å². The number of carbonyl (C=O) groups is 1. The molecule has 2 heterocycles. The highest BCUT2D eigenvalue weighted by Gasteiger charge is 2.38. The van der Waals surface area contributed by atoms with Gasteiger partial charge >= 0.3 is 0 Å². The number of carbonyl (C=O) groups excluding carboxylic acids is 1. The normalized spacial score (nSPS) is 24.8. The molecule has 0 bridgehead atoms. The summed E-state index contributed by atoms with van der Waals surface area (Å²) in [5.41, 5.74) is 6.34. The zero-order chi connectivity index (χ0) is 17.2. The lowest BCUT2D eigenvalue weighted by Gasteiger charge is -2.31. The van der Waals surface area contributed by atoms with Crippen LogP contribution < -0.4 is 5.73 Å². The first-order valence-electron chi connectivity index (χ1n) is 9.03. The molecule has 0 spiro atoms. The van der Waals surface area contributed by atoms with Crippen molar-refractivity contribution >= 4 is 21.8 Å². The van der Waals surface area contributed by atoms with Crippen molar-refractivity contribution in [2.24, 2.45) is 11.7 Å². The number of rotatable bonds is 4. The van der Waals surface area contributed by atoms with Crippen molar-refractivity contribution in [3.8, 4) is 0 Å². The molecule has 0 aromatic heterocycles. The molecule has 1 aromatic rings. The zero-order valence-electron chi connectivity index (χ0n) is 14.5. The fourth-order valence-electron chi connectivity index (χ4n) is 3.92. The Morgan fingerprint density at radius 3 is 2.54 bits per heavy atom. The molecular formula is C19H28BrN3O. The summed E-state index contributed by atoms with van der Waals surface area (Å²) in [6.07, 6.45) is 5.10. The largest absolute Gasteiger partial charge is 0.340 e. The first-order valence-corrected chi connectivity index (χ1v) is 9.83. The molecule has 2 saturated heterocycles. The van der Waals surface area contributed by atoms with Gasteiger partial charge in [-0.25, -0.2) is 0 Å². The van der Waals surface area contributed by atoms with E-state index in [-0.39, 0.29) is 5.91 Å². The fraction of sp³-hybridized carbons (Fsp3) is 0.632. The Morgan fingerprint density at radius 1 is 1.21 bits per heavy atom. The number of nitrogens with zero attached hydrogens (tertiary/aromatic N) is 2. The third-order valence-electron chi connectivity index (χ3n) is 5.43. The second-order valence-corrected chi connectivity index (χ2v) is 8.39. The highest BCUT2D eigenvalue weighted by Crippen LogP contribution is 2.27. The third-order valence-corrected chi connectivity index (χ3v) is 5.95. The van der Waals surface area contributed by atoms with E-state index in [1.165, 1.54) is 32.4 Å². The number of hydrogen-bond donors (Lipinski definition) is 1. The molecule has 24 heavy (non-hydrogen) atoms. The molecule has 4 nitrogen and oxygen atoms in total. The Morgan fingerprint density at radius 2 is 1.88 bits per heavy atom. The van der Waals surface area contributed by atoms with E-state index in [9.17, 15) is 4.79 Å². The van der Waals surface area contributed by atoms with Crippen molar-refractivity contribution in [2.75, 3.05) is 32.7 Å². The molecule has 2 N–H and O–H groups in total. The molecule has 1 amide bonds. The number of benzene rings is 1. The van der Waals surface area contributed by atoms with E-state index in [1.807, 2.05) is 36.1 Å². The number of amides is 1. The van der Waals surface area contributed by atoms with Crippen LogP contribution in [0.25, 0.3) is 0 Å². The summed E-state index contributed by atoms with van der Waals surface area (Å²) in [5.74, 6) is 0.638. The minimum Gasteiger partial charge on any atom is -0.340 e. The van der Waals surface area contributed by atoms with Crippen LogP contribution in [0.15, 0.2) is 28.7 Å². The van der Waals surface area contributed by atoms with Crippen LogP contribution in [0.3, 0.4) is 0 Å². The lowest BCUT2D eigenvalue weighted by Crippen LogP contribution is -2.50. The number of piperidine rings is 1. The van der Waals surface area contributed by atoms with Crippen LogP contribution in [0.2, 0.25) is 0 Å². The van der Waals surface area contributed by atoms with Crippen LogP contribution in [-0.4, -0.2) is 48.4 Å². The van der Waals surface area contributed by atoms with Gasteiger partial charge in [0.2, 0.25) is 5.91 Å². The number of likely N-dealkylation sites (tertiary alicyclic amines) is 2. The number of hydrogen-bond acceptors (Lipinski definition) is 3. The van der Waals surface area contributed by atoms with Crippen LogP contribution >= 0.6 is 15.9 Å². The summed E-state index contributed by atoms with van der Waals surface area (Å²) in [5, 5.41) is 0. The van der Waals surface area contributed by atoms with Gasteiger partial charge in [0.25, 0.3) is 0 Å². The molecule has 132 valence electrons. The summed E-state index contributed by atoms with van der Waals surface area (Å²) < 4.78 is 0.997. The molecule has 0 radical (unpaired) electrons. The maximum Gasteiger partial charge on any atom is 0.246 e. The smallest absolute Gasteiger partial charge is 0.246 e. The highest BCUT2D eigenvalue weighted by molar-refractivity contribution is 9.10. The monoisotopic (exact) mass is 393 g/mol. The van der Waals surface area contributed by atoms with E-state index >= 15 is 0 Å². The van der Waals surface area contributed by atoms with Gasteiger partial charge in [-0.1, -0.05) is 34.5 Å². The van der Waals surface area contributed by atoms with Crippen LogP contribution in [0.1, 0.15) is 38.2 Å². The molecule has 0 aliphatic carbocycles. The van der Waals surface area contributed by atoms with E-state index in [0.29, 0.717) is 5.92 Å². The molecule has 2 fully saturated rings. The topological polar surface area (TPSA) is 49.6 Å². The lowest BCUT2D eigenvalue weighted by molar-refractivity contribution is -0.135. The van der Waals surface area contributed by atoms with E-state index < -0.39 is 5.54 Å². The number of halogens is 1. The van der Waals surface area contributed by atoms with Gasteiger partial charge in [-0.15, -0.1) is 0 Å². The quantitative estimate of drug-likeness (QED) is 0.855. The predicted molar refractivity (Wildman–Crippen MR) is 101 cm³/mol. The first-order chi connectivity index (χ1) is 11.5. The van der Waals surface area contributed by atoms with Crippen molar-refractivity contribution in [2.45, 2.75) is 38.1 Å². The second-order valence-electron chi connectivity index (χ2n) is 7.48. The molecule has 0 saturated carbocycles. The van der Waals surface area contributed by atoms with Gasteiger partial charge in [-0.3, -0.25) is 4.79 Å². The van der Waals surface area contributed by atoms with E-state index in [1.54, 1.807) is 0 Å². The molecule has 3 rings (SSSR count). The summed E-state index contributed by atoms with van der Waals surface area (Å²) in [4.78, 5) is 17.5. The Kier molecular flexibility index (Phi) is 5.63. The van der Waals surface area contributed by atoms with Crippen LogP contribution in [0.4, 0.5) is 0 Å². The van der Waals surface area contributed by atoms with Gasteiger partial charge in [0.05, 0.1) is 0 Å². The Bertz CT molecular complexity index is 566. The van der Waals surface area contributed by atoms with Gasteiger partial charge in [-0.2, -0.15) is 0 Å². The van der Waals surface area contributed by atoms with Gasteiger partial charge in [0, 0.05) is 24.1 Å². The predicted octanol–water partition coefficient (Wildman–Crippen LogP) is 2.96. The summed E-state index contributed by atoms with van der Waals surface area (Å²) >= 11 is 3.43. The molecule has 2 unspecified atom stereocenters. The Balaban J connectivity index is 1.59. The second kappa shape index (κ2) is 7.54. The molecule has 1 aromatic carbocycles. The summed E-state index contributed by atoms with van der Waals surface area (Å²) in [7, 11) is 0. The molecule has 2 atom stereocenters. The SMILES string of the molecule is CC(N)(C(=O)N1CCC(CN2CCCCC2)C1)c1ccc(Br)cc1. The van der Waals surface area contributed by atoms with E-state index in [4.69, 9.17) is 5.73 Å². The average Bonchev–Trinajstić information content (AvgIpc) is 3.04. The Hall–Kier alpha value is -0.910. The number of nitrogens with two attached hydrogens (primary N) is 1. The van der Waals surface area contributed by atoms with Crippen molar-refractivity contribution in [3.05, 3.63) is 34.3 Å². The average molecular weight is 394 g/mol. The lowest BCUT2D eigenvalue weighted by atomic mass is 9.91. The van der Waals surface area contributed by atoms with Crippen molar-refractivity contribution in [3.63, 3.8) is 0 Å². The fourth-order valence-corrected chi connectivity index (χ4v) is 4.19. The van der Waals surface area contributed by atoms with Gasteiger partial charge in [0.1, 0.15) is 5.54 Å². The maximum atomic E-state index is 13.0.